The normalized spacial score (nSPS) is 20.6. The van der Waals surface area contributed by atoms with Crippen LogP contribution in [-0.2, 0) is 24.1 Å². The third-order valence-corrected chi connectivity index (χ3v) is 7.07. The molecule has 0 aliphatic carbocycles. The van der Waals surface area contributed by atoms with Crippen LogP contribution in [-0.4, -0.2) is 55.2 Å². The number of aromatic nitrogens is 5. The van der Waals surface area contributed by atoms with Gasteiger partial charge in [0, 0.05) is 54.3 Å². The lowest BCUT2D eigenvalue weighted by Crippen LogP contribution is -2.49. The van der Waals surface area contributed by atoms with Gasteiger partial charge in [0.15, 0.2) is 11.5 Å². The lowest BCUT2D eigenvalue weighted by molar-refractivity contribution is -0.148. The molecule has 2 aliphatic rings. The van der Waals surface area contributed by atoms with Gasteiger partial charge in [0.1, 0.15) is 6.07 Å². The van der Waals surface area contributed by atoms with E-state index in [0.717, 1.165) is 20.1 Å². The van der Waals surface area contributed by atoms with Gasteiger partial charge in [-0.1, -0.05) is 6.92 Å². The van der Waals surface area contributed by atoms with Crippen LogP contribution in [0.2, 0.25) is 0 Å². The third kappa shape index (κ3) is 4.20. The summed E-state index contributed by atoms with van der Waals surface area (Å²) in [5.74, 6) is -1.31. The molecule has 3 aromatic rings. The van der Waals surface area contributed by atoms with Gasteiger partial charge >= 0.3 is 6.18 Å². The molecule has 182 valence electrons. The first-order chi connectivity index (χ1) is 16.7. The van der Waals surface area contributed by atoms with Crippen molar-refractivity contribution in [3.8, 4) is 6.07 Å². The van der Waals surface area contributed by atoms with Crippen molar-refractivity contribution in [1.29, 1.82) is 5.26 Å². The van der Waals surface area contributed by atoms with Gasteiger partial charge in [0.05, 0.1) is 17.8 Å². The first-order valence-corrected chi connectivity index (χ1v) is 11.8. The van der Waals surface area contributed by atoms with Crippen molar-refractivity contribution < 1.29 is 18.0 Å². The highest BCUT2D eigenvalue weighted by molar-refractivity contribution is 9.10. The predicted octanol–water partition coefficient (Wildman–Crippen LogP) is 3.38. The Balaban J connectivity index is 1.34. The summed E-state index contributed by atoms with van der Waals surface area (Å²) in [5.41, 5.74) is 1.71. The number of nitrogens with zero attached hydrogens (tertiary/aromatic N) is 8. The SMILES string of the molecule is C[C@@H]1CN(c2c(C#N)cnc3ncc(Br)cc23)CC[C@@H]1C(=O)N1CCn2c(nnc2C(F)(F)F)C1. The maximum absolute atomic E-state index is 13.3. The second-order valence-corrected chi connectivity index (χ2v) is 9.74. The van der Waals surface area contributed by atoms with Gasteiger partial charge in [-0.05, 0) is 34.3 Å². The minimum Gasteiger partial charge on any atom is -0.370 e. The zero-order valence-corrected chi connectivity index (χ0v) is 20.2. The summed E-state index contributed by atoms with van der Waals surface area (Å²) in [6.07, 6.45) is -0.869. The number of amides is 1. The quantitative estimate of drug-likeness (QED) is 0.483. The van der Waals surface area contributed by atoms with E-state index in [2.05, 4.69) is 47.1 Å². The second kappa shape index (κ2) is 8.75. The minimum atomic E-state index is -4.58. The summed E-state index contributed by atoms with van der Waals surface area (Å²) in [5, 5.41) is 17.4. The Labute approximate surface area is 206 Å². The van der Waals surface area contributed by atoms with E-state index in [-0.39, 0.29) is 43.2 Å². The van der Waals surface area contributed by atoms with Crippen molar-refractivity contribution in [2.24, 2.45) is 11.8 Å². The maximum atomic E-state index is 13.3. The number of piperidine rings is 1. The van der Waals surface area contributed by atoms with E-state index < -0.39 is 12.0 Å². The van der Waals surface area contributed by atoms with Gasteiger partial charge in [0.25, 0.3) is 0 Å². The van der Waals surface area contributed by atoms with Crippen molar-refractivity contribution in [2.75, 3.05) is 24.5 Å². The van der Waals surface area contributed by atoms with Crippen molar-refractivity contribution in [3.05, 3.63) is 40.1 Å². The van der Waals surface area contributed by atoms with E-state index in [9.17, 15) is 23.2 Å². The van der Waals surface area contributed by atoms with Gasteiger partial charge in [-0.25, -0.2) is 9.97 Å². The van der Waals surface area contributed by atoms with Crippen LogP contribution in [0.4, 0.5) is 18.9 Å². The molecule has 35 heavy (non-hydrogen) atoms. The van der Waals surface area contributed by atoms with Gasteiger partial charge in [-0.3, -0.25) is 4.79 Å². The number of anilines is 1. The summed E-state index contributed by atoms with van der Waals surface area (Å²) >= 11 is 3.43. The van der Waals surface area contributed by atoms with Gasteiger partial charge in [0.2, 0.25) is 11.7 Å². The summed E-state index contributed by atoms with van der Waals surface area (Å²) in [4.78, 5) is 25.6. The molecule has 0 spiro atoms. The van der Waals surface area contributed by atoms with E-state index in [1.807, 2.05) is 13.0 Å². The number of nitriles is 1. The first kappa shape index (κ1) is 23.5. The van der Waals surface area contributed by atoms with E-state index in [4.69, 9.17) is 0 Å². The lowest BCUT2D eigenvalue weighted by Gasteiger charge is -2.40. The Kier molecular flexibility index (Phi) is 5.86. The predicted molar refractivity (Wildman–Crippen MR) is 122 cm³/mol. The van der Waals surface area contributed by atoms with Crippen molar-refractivity contribution in [1.82, 2.24) is 29.6 Å². The Bertz CT molecular complexity index is 1350. The van der Waals surface area contributed by atoms with E-state index >= 15 is 0 Å². The van der Waals surface area contributed by atoms with Crippen LogP contribution in [0, 0.1) is 23.2 Å². The molecule has 0 bridgehead atoms. The van der Waals surface area contributed by atoms with Gasteiger partial charge < -0.3 is 14.4 Å². The van der Waals surface area contributed by atoms with Gasteiger partial charge in [-0.15, -0.1) is 10.2 Å². The second-order valence-electron chi connectivity index (χ2n) is 8.82. The number of carbonyl (C=O) groups excluding carboxylic acids is 1. The Morgan fingerprint density at radius 3 is 2.69 bits per heavy atom. The summed E-state index contributed by atoms with van der Waals surface area (Å²) in [6.45, 7) is 3.25. The van der Waals surface area contributed by atoms with Crippen molar-refractivity contribution in [3.63, 3.8) is 0 Å². The zero-order chi connectivity index (χ0) is 24.9. The molecule has 1 fully saturated rings. The topological polar surface area (TPSA) is 104 Å². The fourth-order valence-electron chi connectivity index (χ4n) is 4.97. The summed E-state index contributed by atoms with van der Waals surface area (Å²) < 4.78 is 41.2. The highest BCUT2D eigenvalue weighted by Gasteiger charge is 2.41. The molecule has 0 saturated carbocycles. The van der Waals surface area contributed by atoms with Crippen LogP contribution < -0.4 is 4.90 Å². The van der Waals surface area contributed by atoms with Crippen LogP contribution in [0.25, 0.3) is 11.0 Å². The standard InChI is InChI=1S/C22H20BrF3N8O/c1-12-10-32(18-13(7-27)8-28-19-16(18)6-14(23)9-29-19)3-2-15(12)20(35)33-4-5-34-17(11-33)30-31-21(34)22(24,25)26/h6,8-9,12,15H,2-5,10-11H2,1H3/t12-,15+/m1/s1. The lowest BCUT2D eigenvalue weighted by atomic mass is 9.85. The molecule has 0 unspecified atom stereocenters. The number of hydrogen-bond donors (Lipinski definition) is 0. The average Bonchev–Trinajstić information content (AvgIpc) is 3.26. The van der Waals surface area contributed by atoms with Crippen molar-refractivity contribution in [2.45, 2.75) is 32.6 Å². The zero-order valence-electron chi connectivity index (χ0n) is 18.6. The van der Waals surface area contributed by atoms with Crippen LogP contribution >= 0.6 is 15.9 Å². The van der Waals surface area contributed by atoms with E-state index in [1.54, 1.807) is 11.1 Å². The molecule has 3 aromatic heterocycles. The Morgan fingerprint density at radius 1 is 1.20 bits per heavy atom. The molecule has 5 rings (SSSR count). The number of fused-ring (bicyclic) bond motifs is 2. The monoisotopic (exact) mass is 548 g/mol. The Hall–Kier alpha value is -3.27. The van der Waals surface area contributed by atoms with Crippen molar-refractivity contribution >= 4 is 38.6 Å². The fraction of sp³-hybridized carbons (Fsp3) is 0.455. The largest absolute Gasteiger partial charge is 0.451 e. The number of pyridine rings is 2. The van der Waals surface area contributed by atoms with Crippen LogP contribution in [0.15, 0.2) is 22.9 Å². The smallest absolute Gasteiger partial charge is 0.370 e. The molecular weight excluding hydrogens is 529 g/mol. The maximum Gasteiger partial charge on any atom is 0.451 e. The Morgan fingerprint density at radius 2 is 1.97 bits per heavy atom. The van der Waals surface area contributed by atoms with E-state index in [0.29, 0.717) is 30.7 Å². The van der Waals surface area contributed by atoms with Crippen LogP contribution in [0.3, 0.4) is 0 Å². The first-order valence-electron chi connectivity index (χ1n) is 11.0. The fourth-order valence-corrected chi connectivity index (χ4v) is 5.30. The molecule has 0 aromatic carbocycles. The summed E-state index contributed by atoms with van der Waals surface area (Å²) in [6, 6.07) is 4.09. The number of alkyl halides is 3. The molecule has 1 amide bonds. The van der Waals surface area contributed by atoms with Crippen LogP contribution in [0.5, 0.6) is 0 Å². The number of rotatable bonds is 2. The molecule has 2 aliphatic heterocycles. The molecular formula is C22H20BrF3N8O. The minimum absolute atomic E-state index is 0.00210. The molecule has 1 saturated heterocycles. The summed E-state index contributed by atoms with van der Waals surface area (Å²) in [7, 11) is 0. The number of halogens is 4. The molecule has 0 N–H and O–H groups in total. The van der Waals surface area contributed by atoms with Gasteiger partial charge in [-0.2, -0.15) is 18.4 Å². The molecule has 13 heteroatoms. The van der Waals surface area contributed by atoms with E-state index in [1.165, 1.54) is 6.20 Å². The van der Waals surface area contributed by atoms with Crippen LogP contribution in [0.1, 0.15) is 30.6 Å². The number of hydrogen-bond acceptors (Lipinski definition) is 7. The average molecular weight is 549 g/mol. The molecule has 5 heterocycles. The highest BCUT2D eigenvalue weighted by Crippen LogP contribution is 2.36. The molecule has 0 radical (unpaired) electrons. The molecule has 9 nitrogen and oxygen atoms in total. The molecule has 2 atom stereocenters. The highest BCUT2D eigenvalue weighted by atomic mass is 79.9. The third-order valence-electron chi connectivity index (χ3n) is 6.64. The number of carbonyl (C=O) groups is 1.